The minimum absolute atomic E-state index is 0.0755. The lowest BCUT2D eigenvalue weighted by Crippen LogP contribution is -2.41. The van der Waals surface area contributed by atoms with E-state index in [9.17, 15) is 0 Å². The van der Waals surface area contributed by atoms with Crippen LogP contribution in [0.5, 0.6) is 5.75 Å². The molecule has 1 atom stereocenters. The Morgan fingerprint density at radius 3 is 2.52 bits per heavy atom. The minimum atomic E-state index is -0.375. The summed E-state index contributed by atoms with van der Waals surface area (Å²) >= 11 is 0. The van der Waals surface area contributed by atoms with E-state index in [1.54, 1.807) is 0 Å². The Hall–Kier alpha value is -1.08. The van der Waals surface area contributed by atoms with Crippen molar-refractivity contribution >= 4 is 12.6 Å². The lowest BCUT2D eigenvalue weighted by Gasteiger charge is -2.32. The normalized spacial score (nSPS) is 25.1. The summed E-state index contributed by atoms with van der Waals surface area (Å²) in [6.45, 7) is 10.0. The molecule has 1 aromatic rings. The summed E-state index contributed by atoms with van der Waals surface area (Å²) in [5, 5.41) is 0. The van der Waals surface area contributed by atoms with Crippen LogP contribution in [0.25, 0.3) is 0 Å². The Balaban J connectivity index is 1.50. The first-order valence-electron chi connectivity index (χ1n) is 9.19. The standard InChI is InChI=1S/C19H29BO5/c1-18(2)19(3,4)25-20(24-18)15-8-7-9-16(14-15)21-12-13-23-17-10-5-6-11-22-17/h7-9,14,17H,5-6,10-13H2,1-4H3/t17-/m0/s1. The second kappa shape index (κ2) is 7.66. The predicted molar refractivity (Wildman–Crippen MR) is 97.2 cm³/mol. The molecule has 1 aromatic carbocycles. The lowest BCUT2D eigenvalue weighted by molar-refractivity contribution is -0.165. The number of hydrogen-bond donors (Lipinski definition) is 0. The first kappa shape index (κ1) is 18.7. The van der Waals surface area contributed by atoms with Crippen molar-refractivity contribution < 1.29 is 23.5 Å². The van der Waals surface area contributed by atoms with Crippen LogP contribution in [0.2, 0.25) is 0 Å². The average Bonchev–Trinajstić information content (AvgIpc) is 2.81. The molecule has 0 unspecified atom stereocenters. The van der Waals surface area contributed by atoms with Gasteiger partial charge in [0, 0.05) is 6.61 Å². The number of hydrogen-bond acceptors (Lipinski definition) is 5. The molecule has 5 nitrogen and oxygen atoms in total. The Bertz CT molecular complexity index is 553. The van der Waals surface area contributed by atoms with Crippen LogP contribution in [0, 0.1) is 0 Å². The Morgan fingerprint density at radius 1 is 1.08 bits per heavy atom. The van der Waals surface area contributed by atoms with Crippen LogP contribution in [-0.2, 0) is 18.8 Å². The number of ether oxygens (including phenoxy) is 3. The maximum atomic E-state index is 6.09. The van der Waals surface area contributed by atoms with Gasteiger partial charge >= 0.3 is 7.12 Å². The zero-order chi connectivity index (χ0) is 17.9. The SMILES string of the molecule is CC1(C)OB(c2cccc(OCCO[C@H]3CCCCO3)c2)OC1(C)C. The summed E-state index contributed by atoms with van der Waals surface area (Å²) in [5.41, 5.74) is 0.276. The average molecular weight is 348 g/mol. The van der Waals surface area contributed by atoms with E-state index in [-0.39, 0.29) is 24.6 Å². The van der Waals surface area contributed by atoms with Crippen LogP contribution in [0.4, 0.5) is 0 Å². The molecule has 2 aliphatic rings. The van der Waals surface area contributed by atoms with Gasteiger partial charge in [-0.05, 0) is 64.6 Å². The Morgan fingerprint density at radius 2 is 1.84 bits per heavy atom. The van der Waals surface area contributed by atoms with E-state index in [2.05, 4.69) is 27.7 Å². The molecule has 3 rings (SSSR count). The van der Waals surface area contributed by atoms with E-state index in [0.29, 0.717) is 13.2 Å². The van der Waals surface area contributed by atoms with Gasteiger partial charge in [0.15, 0.2) is 6.29 Å². The molecule has 2 fully saturated rings. The molecule has 0 aromatic heterocycles. The van der Waals surface area contributed by atoms with Crippen LogP contribution in [-0.4, -0.2) is 44.4 Å². The molecule has 0 radical (unpaired) electrons. The van der Waals surface area contributed by atoms with Crippen molar-refractivity contribution in [3.8, 4) is 5.75 Å². The maximum Gasteiger partial charge on any atom is 0.494 e. The summed E-state index contributed by atoms with van der Waals surface area (Å²) in [6.07, 6.45) is 3.19. The number of rotatable bonds is 6. The van der Waals surface area contributed by atoms with Crippen LogP contribution >= 0.6 is 0 Å². The fraction of sp³-hybridized carbons (Fsp3) is 0.684. The summed E-state index contributed by atoms with van der Waals surface area (Å²) in [4.78, 5) is 0. The summed E-state index contributed by atoms with van der Waals surface area (Å²) < 4.78 is 29.2. The van der Waals surface area contributed by atoms with Gasteiger partial charge in [-0.1, -0.05) is 12.1 Å². The Kier molecular flexibility index (Phi) is 5.73. The number of benzene rings is 1. The molecule has 2 heterocycles. The van der Waals surface area contributed by atoms with E-state index in [0.717, 1.165) is 30.7 Å². The molecule has 0 saturated carbocycles. The van der Waals surface area contributed by atoms with E-state index in [1.807, 2.05) is 24.3 Å². The topological polar surface area (TPSA) is 46.2 Å². The molecule has 2 aliphatic heterocycles. The van der Waals surface area contributed by atoms with Gasteiger partial charge in [0.05, 0.1) is 17.8 Å². The molecule has 0 bridgehead atoms. The summed E-state index contributed by atoms with van der Waals surface area (Å²) in [6, 6.07) is 7.87. The van der Waals surface area contributed by atoms with Gasteiger partial charge in [0.2, 0.25) is 0 Å². The van der Waals surface area contributed by atoms with Gasteiger partial charge in [-0.25, -0.2) is 0 Å². The van der Waals surface area contributed by atoms with Crippen LogP contribution in [0.1, 0.15) is 47.0 Å². The van der Waals surface area contributed by atoms with Crippen LogP contribution in [0.3, 0.4) is 0 Å². The maximum absolute atomic E-state index is 6.09. The second-order valence-electron chi connectivity index (χ2n) is 7.68. The van der Waals surface area contributed by atoms with Gasteiger partial charge in [-0.15, -0.1) is 0 Å². The third kappa shape index (κ3) is 4.56. The zero-order valence-corrected chi connectivity index (χ0v) is 15.7. The zero-order valence-electron chi connectivity index (χ0n) is 15.7. The second-order valence-corrected chi connectivity index (χ2v) is 7.68. The van der Waals surface area contributed by atoms with Gasteiger partial charge < -0.3 is 23.5 Å². The van der Waals surface area contributed by atoms with E-state index in [4.69, 9.17) is 23.5 Å². The fourth-order valence-corrected chi connectivity index (χ4v) is 2.91. The van der Waals surface area contributed by atoms with Crippen LogP contribution < -0.4 is 10.2 Å². The third-order valence-electron chi connectivity index (χ3n) is 5.18. The fourth-order valence-electron chi connectivity index (χ4n) is 2.91. The molecule has 138 valence electrons. The Labute approximate surface area is 151 Å². The van der Waals surface area contributed by atoms with Crippen molar-refractivity contribution in [2.75, 3.05) is 19.8 Å². The highest BCUT2D eigenvalue weighted by molar-refractivity contribution is 6.62. The van der Waals surface area contributed by atoms with E-state index < -0.39 is 0 Å². The van der Waals surface area contributed by atoms with Gasteiger partial charge in [0.1, 0.15) is 12.4 Å². The molecule has 0 aliphatic carbocycles. The van der Waals surface area contributed by atoms with Gasteiger partial charge in [-0.3, -0.25) is 0 Å². The highest BCUT2D eigenvalue weighted by Gasteiger charge is 2.51. The highest BCUT2D eigenvalue weighted by atomic mass is 16.7. The lowest BCUT2D eigenvalue weighted by atomic mass is 9.79. The molecule has 0 amide bonds. The third-order valence-corrected chi connectivity index (χ3v) is 5.18. The summed E-state index contributed by atoms with van der Waals surface area (Å²) in [7, 11) is -0.375. The molecule has 0 spiro atoms. The highest BCUT2D eigenvalue weighted by Crippen LogP contribution is 2.36. The first-order valence-corrected chi connectivity index (χ1v) is 9.19. The molecule has 0 N–H and O–H groups in total. The minimum Gasteiger partial charge on any atom is -0.491 e. The van der Waals surface area contributed by atoms with Crippen molar-refractivity contribution in [2.24, 2.45) is 0 Å². The molecule has 6 heteroatoms. The summed E-state index contributed by atoms with van der Waals surface area (Å²) in [5.74, 6) is 0.792. The molecular formula is C19H29BO5. The van der Waals surface area contributed by atoms with Gasteiger partial charge in [0.25, 0.3) is 0 Å². The van der Waals surface area contributed by atoms with Crippen LogP contribution in [0.15, 0.2) is 24.3 Å². The smallest absolute Gasteiger partial charge is 0.491 e. The molecule has 25 heavy (non-hydrogen) atoms. The monoisotopic (exact) mass is 348 g/mol. The van der Waals surface area contributed by atoms with Crippen molar-refractivity contribution in [3.05, 3.63) is 24.3 Å². The van der Waals surface area contributed by atoms with E-state index >= 15 is 0 Å². The van der Waals surface area contributed by atoms with Crippen molar-refractivity contribution in [1.29, 1.82) is 0 Å². The van der Waals surface area contributed by atoms with Crippen molar-refractivity contribution in [1.82, 2.24) is 0 Å². The van der Waals surface area contributed by atoms with Crippen molar-refractivity contribution in [2.45, 2.75) is 64.4 Å². The van der Waals surface area contributed by atoms with Gasteiger partial charge in [-0.2, -0.15) is 0 Å². The molecular weight excluding hydrogens is 319 g/mol. The largest absolute Gasteiger partial charge is 0.494 e. The van der Waals surface area contributed by atoms with E-state index in [1.165, 1.54) is 6.42 Å². The quantitative estimate of drug-likeness (QED) is 0.584. The molecule has 2 saturated heterocycles. The first-order chi connectivity index (χ1) is 11.9. The predicted octanol–water partition coefficient (Wildman–Crippen LogP) is 2.91. The van der Waals surface area contributed by atoms with Crippen molar-refractivity contribution in [3.63, 3.8) is 0 Å².